The van der Waals surface area contributed by atoms with E-state index in [1.807, 2.05) is 0 Å². The molecule has 0 amide bonds. The van der Waals surface area contributed by atoms with Gasteiger partial charge in [0.2, 0.25) is 10.0 Å². The Kier molecular flexibility index (Phi) is 6.94. The van der Waals surface area contributed by atoms with E-state index in [4.69, 9.17) is 18.9 Å². The van der Waals surface area contributed by atoms with Crippen molar-refractivity contribution in [3.63, 3.8) is 0 Å². The van der Waals surface area contributed by atoms with Crippen LogP contribution < -0.4 is 9.46 Å². The number of esters is 2. The van der Waals surface area contributed by atoms with Gasteiger partial charge in [-0.15, -0.1) is 0 Å². The highest BCUT2D eigenvalue weighted by molar-refractivity contribution is 7.89. The Morgan fingerprint density at radius 2 is 1.78 bits per heavy atom. The van der Waals surface area contributed by atoms with E-state index in [2.05, 4.69) is 4.72 Å². The standard InChI is InChI=1S/C17H21NO8S/c1-11(19)24-10-16-15(25-12(2)20)8-9-17(26-16)18-27(21,22)14-6-4-13(23-3)5-7-14/h4-9,15-18H,10H2,1-3H3/t15-,16+,17-/m0/s1. The molecular weight excluding hydrogens is 378 g/mol. The Labute approximate surface area is 157 Å². The predicted octanol–water partition coefficient (Wildman–Crippen LogP) is 0.749. The number of methoxy groups -OCH3 is 1. The van der Waals surface area contributed by atoms with Gasteiger partial charge in [-0.2, -0.15) is 4.72 Å². The molecule has 1 N–H and O–H groups in total. The van der Waals surface area contributed by atoms with E-state index < -0.39 is 40.4 Å². The highest BCUT2D eigenvalue weighted by Crippen LogP contribution is 2.19. The van der Waals surface area contributed by atoms with Crippen molar-refractivity contribution in [1.29, 1.82) is 0 Å². The fraction of sp³-hybridized carbons (Fsp3) is 0.412. The number of carbonyl (C=O) groups is 2. The van der Waals surface area contributed by atoms with E-state index in [-0.39, 0.29) is 11.5 Å². The van der Waals surface area contributed by atoms with Gasteiger partial charge in [-0.25, -0.2) is 8.42 Å². The molecule has 0 bridgehead atoms. The summed E-state index contributed by atoms with van der Waals surface area (Å²) in [6.07, 6.45) is 0.221. The first kappa shape index (κ1) is 20.9. The van der Waals surface area contributed by atoms with Crippen molar-refractivity contribution in [2.24, 2.45) is 0 Å². The van der Waals surface area contributed by atoms with Gasteiger partial charge in [-0.05, 0) is 36.4 Å². The molecule has 148 valence electrons. The maximum atomic E-state index is 12.5. The summed E-state index contributed by atoms with van der Waals surface area (Å²) in [5, 5.41) is 0. The van der Waals surface area contributed by atoms with Crippen molar-refractivity contribution in [3.05, 3.63) is 36.4 Å². The van der Waals surface area contributed by atoms with Crippen molar-refractivity contribution < 1.29 is 37.0 Å². The highest BCUT2D eigenvalue weighted by Gasteiger charge is 2.32. The van der Waals surface area contributed by atoms with Gasteiger partial charge >= 0.3 is 11.9 Å². The van der Waals surface area contributed by atoms with E-state index >= 15 is 0 Å². The lowest BCUT2D eigenvalue weighted by atomic mass is 10.1. The maximum Gasteiger partial charge on any atom is 0.303 e. The van der Waals surface area contributed by atoms with Crippen LogP contribution >= 0.6 is 0 Å². The fourth-order valence-electron chi connectivity index (χ4n) is 2.33. The number of ether oxygens (including phenoxy) is 4. The number of nitrogens with one attached hydrogen (secondary N) is 1. The zero-order chi connectivity index (χ0) is 20.0. The summed E-state index contributed by atoms with van der Waals surface area (Å²) in [5.41, 5.74) is 0. The van der Waals surface area contributed by atoms with Crippen molar-refractivity contribution in [2.45, 2.75) is 37.2 Å². The predicted molar refractivity (Wildman–Crippen MR) is 93.3 cm³/mol. The first-order valence-corrected chi connectivity index (χ1v) is 9.50. The first-order valence-electron chi connectivity index (χ1n) is 8.02. The first-order chi connectivity index (χ1) is 12.7. The number of sulfonamides is 1. The molecule has 10 heteroatoms. The van der Waals surface area contributed by atoms with Crippen LogP contribution in [0.2, 0.25) is 0 Å². The van der Waals surface area contributed by atoms with Gasteiger partial charge in [0.05, 0.1) is 12.0 Å². The molecule has 0 unspecified atom stereocenters. The maximum absolute atomic E-state index is 12.5. The number of hydrogen-bond donors (Lipinski definition) is 1. The molecule has 1 aromatic carbocycles. The van der Waals surface area contributed by atoms with Gasteiger partial charge in [0.1, 0.15) is 30.8 Å². The van der Waals surface area contributed by atoms with E-state index in [9.17, 15) is 18.0 Å². The van der Waals surface area contributed by atoms with Gasteiger partial charge in [0, 0.05) is 13.8 Å². The molecule has 0 radical (unpaired) electrons. The lowest BCUT2D eigenvalue weighted by Gasteiger charge is -2.31. The quantitative estimate of drug-likeness (QED) is 0.527. The molecule has 3 atom stereocenters. The lowest BCUT2D eigenvalue weighted by Crippen LogP contribution is -2.47. The molecule has 1 aliphatic rings. The number of carbonyl (C=O) groups excluding carboxylic acids is 2. The molecule has 0 aromatic heterocycles. The van der Waals surface area contributed by atoms with Crippen LogP contribution in [-0.2, 0) is 33.8 Å². The van der Waals surface area contributed by atoms with E-state index in [0.29, 0.717) is 5.75 Å². The van der Waals surface area contributed by atoms with Gasteiger partial charge < -0.3 is 18.9 Å². The third kappa shape index (κ3) is 6.05. The van der Waals surface area contributed by atoms with Crippen LogP contribution in [0, 0.1) is 0 Å². The third-order valence-electron chi connectivity index (χ3n) is 3.56. The van der Waals surface area contributed by atoms with Crippen molar-refractivity contribution >= 4 is 22.0 Å². The second-order valence-corrected chi connectivity index (χ2v) is 7.37. The number of benzene rings is 1. The molecule has 1 aromatic rings. The second-order valence-electron chi connectivity index (χ2n) is 5.65. The van der Waals surface area contributed by atoms with E-state index in [1.165, 1.54) is 57.4 Å². The molecule has 1 heterocycles. The summed E-state index contributed by atoms with van der Waals surface area (Å²) in [6, 6.07) is 5.83. The zero-order valence-corrected chi connectivity index (χ0v) is 15.9. The normalized spacial score (nSPS) is 22.1. The molecule has 27 heavy (non-hydrogen) atoms. The van der Waals surface area contributed by atoms with Gasteiger partial charge in [-0.3, -0.25) is 9.59 Å². The average Bonchev–Trinajstić information content (AvgIpc) is 2.61. The van der Waals surface area contributed by atoms with Gasteiger partial charge in [0.25, 0.3) is 0 Å². The molecule has 0 spiro atoms. The summed E-state index contributed by atoms with van der Waals surface area (Å²) < 4.78 is 48.0. The van der Waals surface area contributed by atoms with Crippen LogP contribution in [-0.4, -0.2) is 52.5 Å². The van der Waals surface area contributed by atoms with Crippen LogP contribution in [0.5, 0.6) is 5.75 Å². The monoisotopic (exact) mass is 399 g/mol. The van der Waals surface area contributed by atoms with Crippen LogP contribution in [0.15, 0.2) is 41.3 Å². The summed E-state index contributed by atoms with van der Waals surface area (Å²) in [7, 11) is -2.40. The molecule has 0 saturated carbocycles. The minimum absolute atomic E-state index is 0.0268. The molecule has 2 rings (SSSR count). The average molecular weight is 399 g/mol. The van der Waals surface area contributed by atoms with Gasteiger partial charge in [0.15, 0.2) is 0 Å². The van der Waals surface area contributed by atoms with Crippen LogP contribution in [0.25, 0.3) is 0 Å². The summed E-state index contributed by atoms with van der Waals surface area (Å²) in [4.78, 5) is 22.3. The topological polar surface area (TPSA) is 117 Å². The Morgan fingerprint density at radius 1 is 1.11 bits per heavy atom. The molecule has 0 saturated heterocycles. The third-order valence-corrected chi connectivity index (χ3v) is 4.99. The second kappa shape index (κ2) is 8.98. The Morgan fingerprint density at radius 3 is 2.33 bits per heavy atom. The Bertz CT molecular complexity index is 803. The zero-order valence-electron chi connectivity index (χ0n) is 15.1. The molecule has 0 aliphatic carbocycles. The highest BCUT2D eigenvalue weighted by atomic mass is 32.2. The van der Waals surface area contributed by atoms with Crippen molar-refractivity contribution in [1.82, 2.24) is 4.72 Å². The van der Waals surface area contributed by atoms with Crippen LogP contribution in [0.3, 0.4) is 0 Å². The van der Waals surface area contributed by atoms with E-state index in [1.54, 1.807) is 0 Å². The molecule has 9 nitrogen and oxygen atoms in total. The summed E-state index contributed by atoms with van der Waals surface area (Å²) in [5.74, 6) is -0.558. The minimum Gasteiger partial charge on any atom is -0.497 e. The van der Waals surface area contributed by atoms with E-state index in [0.717, 1.165) is 0 Å². The Balaban J connectivity index is 2.12. The number of rotatable bonds is 7. The number of hydrogen-bond acceptors (Lipinski definition) is 8. The van der Waals surface area contributed by atoms with Crippen molar-refractivity contribution in [2.75, 3.05) is 13.7 Å². The van der Waals surface area contributed by atoms with Gasteiger partial charge in [-0.1, -0.05) is 0 Å². The lowest BCUT2D eigenvalue weighted by molar-refractivity contribution is -0.163. The van der Waals surface area contributed by atoms with Crippen molar-refractivity contribution in [3.8, 4) is 5.75 Å². The summed E-state index contributed by atoms with van der Waals surface area (Å²) in [6.45, 7) is 2.26. The summed E-state index contributed by atoms with van der Waals surface area (Å²) >= 11 is 0. The SMILES string of the molecule is COc1ccc(S(=O)(=O)N[C@@H]2C=C[C@H](OC(C)=O)[C@@H](COC(C)=O)O2)cc1. The minimum atomic E-state index is -3.88. The fourth-order valence-corrected chi connectivity index (χ4v) is 3.40. The Hall–Kier alpha value is -2.43. The largest absolute Gasteiger partial charge is 0.497 e. The van der Waals surface area contributed by atoms with Crippen LogP contribution in [0.1, 0.15) is 13.8 Å². The molecular formula is C17H21NO8S. The molecule has 1 aliphatic heterocycles. The van der Waals surface area contributed by atoms with Crippen LogP contribution in [0.4, 0.5) is 0 Å². The smallest absolute Gasteiger partial charge is 0.303 e. The molecule has 0 fully saturated rings.